The molecule has 1 aromatic carbocycles. The van der Waals surface area contributed by atoms with Gasteiger partial charge in [-0.25, -0.2) is 4.79 Å². The van der Waals surface area contributed by atoms with Crippen LogP contribution in [0.3, 0.4) is 0 Å². The lowest BCUT2D eigenvalue weighted by Gasteiger charge is -2.30. The summed E-state index contributed by atoms with van der Waals surface area (Å²) in [7, 11) is 0. The quantitative estimate of drug-likeness (QED) is 0.651. The van der Waals surface area contributed by atoms with Gasteiger partial charge in [0.05, 0.1) is 0 Å². The van der Waals surface area contributed by atoms with Crippen LogP contribution in [0.5, 0.6) is 5.75 Å². The van der Waals surface area contributed by atoms with Gasteiger partial charge in [0.15, 0.2) is 11.5 Å². The third-order valence-electron chi connectivity index (χ3n) is 3.53. The Hall–Kier alpha value is -2.54. The summed E-state index contributed by atoms with van der Waals surface area (Å²) in [6, 6.07) is 8.50. The Balaban J connectivity index is 2.24. The van der Waals surface area contributed by atoms with Gasteiger partial charge >= 0.3 is 5.97 Å². The molecular formula is C16H18O7. The number of aliphatic hydroxyl groups excluding tert-OH is 3. The molecule has 0 spiro atoms. The number of benzene rings is 1. The summed E-state index contributed by atoms with van der Waals surface area (Å²) in [6.45, 7) is 1.31. The van der Waals surface area contributed by atoms with Gasteiger partial charge in [-0.15, -0.1) is 0 Å². The molecule has 3 N–H and O–H groups in total. The molecule has 0 bridgehead atoms. The van der Waals surface area contributed by atoms with Crippen LogP contribution in [-0.2, 0) is 14.3 Å². The van der Waals surface area contributed by atoms with Gasteiger partial charge in [-0.3, -0.25) is 4.79 Å². The molecule has 1 aromatic rings. The normalized spacial score (nSPS) is 21.9. The highest BCUT2D eigenvalue weighted by Gasteiger charge is 2.59. The van der Waals surface area contributed by atoms with Crippen molar-refractivity contribution in [1.82, 2.24) is 0 Å². The fourth-order valence-corrected chi connectivity index (χ4v) is 2.34. The first-order valence-electron chi connectivity index (χ1n) is 7.18. The predicted molar refractivity (Wildman–Crippen MR) is 79.0 cm³/mol. The lowest BCUT2D eigenvalue weighted by molar-refractivity contribution is -0.172. The van der Waals surface area contributed by atoms with E-state index in [2.05, 4.69) is 0 Å². The van der Waals surface area contributed by atoms with Crippen LogP contribution in [0.1, 0.15) is 19.8 Å². The minimum atomic E-state index is -2.33. The molecule has 0 radical (unpaired) electrons. The van der Waals surface area contributed by atoms with Crippen LogP contribution in [0.2, 0.25) is 0 Å². The number of hydrogen-bond donors (Lipinski definition) is 3. The minimum absolute atomic E-state index is 0.0486. The molecule has 0 saturated heterocycles. The zero-order valence-corrected chi connectivity index (χ0v) is 12.6. The fraction of sp³-hybridized carbons (Fsp3) is 0.375. The van der Waals surface area contributed by atoms with Gasteiger partial charge in [-0.2, -0.15) is 0 Å². The van der Waals surface area contributed by atoms with E-state index in [-0.39, 0.29) is 6.42 Å². The van der Waals surface area contributed by atoms with Crippen molar-refractivity contribution in [2.24, 2.45) is 0 Å². The standard InChI is InChI=1S/C16H18O7/c1-2-6-11(17)16(14(20)13(19)15(21)23-16)12(18)9-22-10-7-4-3-5-8-10/h3-5,7-8,12,18-20H,2,6,9H2,1H3/t12-,16+/m0/s1. The number of esters is 1. The number of aliphatic hydroxyl groups is 3. The second-order valence-electron chi connectivity index (χ2n) is 5.14. The van der Waals surface area contributed by atoms with Crippen LogP contribution >= 0.6 is 0 Å². The molecule has 0 saturated carbocycles. The lowest BCUT2D eigenvalue weighted by atomic mass is 9.87. The maximum atomic E-state index is 12.3. The average Bonchev–Trinajstić information content (AvgIpc) is 2.79. The first kappa shape index (κ1) is 16.8. The highest BCUT2D eigenvalue weighted by atomic mass is 16.6. The van der Waals surface area contributed by atoms with E-state index in [1.165, 1.54) is 0 Å². The number of ketones is 1. The van der Waals surface area contributed by atoms with Crippen molar-refractivity contribution in [3.05, 3.63) is 41.9 Å². The van der Waals surface area contributed by atoms with Crippen molar-refractivity contribution in [3.8, 4) is 5.75 Å². The summed E-state index contributed by atoms with van der Waals surface area (Å²) < 4.78 is 10.2. The molecule has 0 aromatic heterocycles. The van der Waals surface area contributed by atoms with Gasteiger partial charge in [-0.1, -0.05) is 25.1 Å². The zero-order chi connectivity index (χ0) is 17.0. The molecule has 1 aliphatic heterocycles. The predicted octanol–water partition coefficient (Wildman–Crippen LogP) is 1.42. The first-order chi connectivity index (χ1) is 10.9. The van der Waals surface area contributed by atoms with E-state index in [1.807, 2.05) is 0 Å². The largest absolute Gasteiger partial charge is 0.505 e. The molecular weight excluding hydrogens is 304 g/mol. The van der Waals surface area contributed by atoms with Gasteiger partial charge in [0.25, 0.3) is 5.60 Å². The Morgan fingerprint density at radius 1 is 1.30 bits per heavy atom. The Morgan fingerprint density at radius 3 is 2.48 bits per heavy atom. The molecule has 7 nitrogen and oxygen atoms in total. The summed E-state index contributed by atoms with van der Waals surface area (Å²) in [4.78, 5) is 23.8. The zero-order valence-electron chi connectivity index (χ0n) is 12.6. The monoisotopic (exact) mass is 322 g/mol. The van der Waals surface area contributed by atoms with Crippen LogP contribution in [0, 0.1) is 0 Å². The lowest BCUT2D eigenvalue weighted by Crippen LogP contribution is -2.54. The Labute approximate surface area is 132 Å². The topological polar surface area (TPSA) is 113 Å². The molecule has 1 aliphatic rings. The van der Waals surface area contributed by atoms with Gasteiger partial charge in [0.1, 0.15) is 18.5 Å². The Bertz CT molecular complexity index is 623. The number of rotatable bonds is 7. The van der Waals surface area contributed by atoms with Gasteiger partial charge in [0.2, 0.25) is 5.76 Å². The van der Waals surface area contributed by atoms with E-state index in [0.29, 0.717) is 12.2 Å². The minimum Gasteiger partial charge on any atom is -0.505 e. The maximum absolute atomic E-state index is 12.3. The van der Waals surface area contributed by atoms with Crippen molar-refractivity contribution in [3.63, 3.8) is 0 Å². The van der Waals surface area contributed by atoms with E-state index in [1.54, 1.807) is 37.3 Å². The third kappa shape index (κ3) is 3.00. The highest BCUT2D eigenvalue weighted by Crippen LogP contribution is 2.35. The number of hydrogen-bond acceptors (Lipinski definition) is 7. The number of Topliss-reactive ketones (excluding diaryl/α,β-unsaturated/α-hetero) is 1. The summed E-state index contributed by atoms with van der Waals surface area (Å²) in [5.41, 5.74) is -2.33. The van der Waals surface area contributed by atoms with Gasteiger partial charge in [-0.05, 0) is 18.6 Å². The molecule has 0 amide bonds. The number of cyclic esters (lactones) is 1. The number of carbonyl (C=O) groups excluding carboxylic acids is 2. The second kappa shape index (κ2) is 6.70. The molecule has 2 atom stereocenters. The van der Waals surface area contributed by atoms with Crippen molar-refractivity contribution in [1.29, 1.82) is 0 Å². The molecule has 1 heterocycles. The molecule has 0 aliphatic carbocycles. The summed E-state index contributed by atoms with van der Waals surface area (Å²) >= 11 is 0. The van der Waals surface area contributed by atoms with E-state index in [9.17, 15) is 24.9 Å². The smallest absolute Gasteiger partial charge is 0.378 e. The summed E-state index contributed by atoms with van der Waals surface area (Å²) in [5, 5.41) is 29.8. The van der Waals surface area contributed by atoms with E-state index in [4.69, 9.17) is 9.47 Å². The Morgan fingerprint density at radius 2 is 1.96 bits per heavy atom. The molecule has 124 valence electrons. The fourth-order valence-electron chi connectivity index (χ4n) is 2.34. The number of carbonyl (C=O) groups is 2. The van der Waals surface area contributed by atoms with Crippen molar-refractivity contribution >= 4 is 11.8 Å². The summed E-state index contributed by atoms with van der Waals surface area (Å²) in [5.74, 6) is -3.59. The van der Waals surface area contributed by atoms with Crippen LogP contribution in [0.4, 0.5) is 0 Å². The second-order valence-corrected chi connectivity index (χ2v) is 5.14. The van der Waals surface area contributed by atoms with Crippen LogP contribution < -0.4 is 4.74 Å². The third-order valence-corrected chi connectivity index (χ3v) is 3.53. The van der Waals surface area contributed by atoms with E-state index >= 15 is 0 Å². The summed E-state index contributed by atoms with van der Waals surface area (Å²) in [6.07, 6.45) is -1.30. The highest BCUT2D eigenvalue weighted by molar-refractivity contribution is 6.01. The first-order valence-corrected chi connectivity index (χ1v) is 7.18. The van der Waals surface area contributed by atoms with Crippen LogP contribution in [-0.4, -0.2) is 45.4 Å². The number of para-hydroxylation sites is 1. The average molecular weight is 322 g/mol. The van der Waals surface area contributed by atoms with Crippen molar-refractivity contribution in [2.75, 3.05) is 6.61 Å². The molecule has 7 heteroatoms. The van der Waals surface area contributed by atoms with Crippen molar-refractivity contribution < 1.29 is 34.4 Å². The van der Waals surface area contributed by atoms with Gasteiger partial charge < -0.3 is 24.8 Å². The molecule has 0 unspecified atom stereocenters. The van der Waals surface area contributed by atoms with E-state index < -0.39 is 41.6 Å². The molecule has 0 fully saturated rings. The Kier molecular flexibility index (Phi) is 4.90. The maximum Gasteiger partial charge on any atom is 0.378 e. The SMILES string of the molecule is CCCC(=O)[C@]1([C@@H](O)COc2ccccc2)OC(=O)C(O)=C1O. The van der Waals surface area contributed by atoms with Gasteiger partial charge in [0, 0.05) is 6.42 Å². The van der Waals surface area contributed by atoms with Crippen LogP contribution in [0.25, 0.3) is 0 Å². The van der Waals surface area contributed by atoms with E-state index in [0.717, 1.165) is 0 Å². The molecule has 2 rings (SSSR count). The van der Waals surface area contributed by atoms with Crippen LogP contribution in [0.15, 0.2) is 41.9 Å². The van der Waals surface area contributed by atoms with Crippen molar-refractivity contribution in [2.45, 2.75) is 31.5 Å². The number of ether oxygens (including phenoxy) is 2. The molecule has 23 heavy (non-hydrogen) atoms.